The van der Waals surface area contributed by atoms with Crippen LogP contribution in [0.3, 0.4) is 0 Å². The lowest BCUT2D eigenvalue weighted by Crippen LogP contribution is -2.27. The van der Waals surface area contributed by atoms with Crippen LogP contribution in [0.2, 0.25) is 0 Å². The largest absolute Gasteiger partial charge is 0.379 e. The summed E-state index contributed by atoms with van der Waals surface area (Å²) in [6, 6.07) is 20.2. The summed E-state index contributed by atoms with van der Waals surface area (Å²) in [6.45, 7) is 11.7. The van der Waals surface area contributed by atoms with Gasteiger partial charge in [0.1, 0.15) is 0 Å². The Morgan fingerprint density at radius 1 is 0.304 bits per heavy atom. The van der Waals surface area contributed by atoms with Crippen LogP contribution in [-0.4, -0.2) is 132 Å². The van der Waals surface area contributed by atoms with Crippen molar-refractivity contribution < 1.29 is 56.8 Å². The number of ether oxygens (including phenoxy) is 12. The van der Waals surface area contributed by atoms with Crippen LogP contribution in [0.4, 0.5) is 0 Å². The lowest BCUT2D eigenvalue weighted by atomic mass is 9.97. The predicted octanol–water partition coefficient (Wildman–Crippen LogP) is 6.43. The van der Waals surface area contributed by atoms with E-state index >= 15 is 0 Å². The van der Waals surface area contributed by atoms with Crippen LogP contribution in [0.25, 0.3) is 0 Å². The maximum absolute atomic E-state index is 6.03. The molecule has 0 saturated carbocycles. The van der Waals surface area contributed by atoms with E-state index in [1.54, 1.807) is 0 Å². The molecule has 0 atom stereocenters. The van der Waals surface area contributed by atoms with E-state index in [4.69, 9.17) is 56.8 Å². The van der Waals surface area contributed by atoms with Gasteiger partial charge >= 0.3 is 0 Å². The van der Waals surface area contributed by atoms with E-state index in [2.05, 4.69) is 0 Å². The van der Waals surface area contributed by atoms with Gasteiger partial charge in [0.25, 0.3) is 0 Å². The van der Waals surface area contributed by atoms with Crippen molar-refractivity contribution in [2.24, 2.45) is 23.7 Å². The van der Waals surface area contributed by atoms with Gasteiger partial charge in [-0.3, -0.25) is 0 Å². The summed E-state index contributed by atoms with van der Waals surface area (Å²) in [6.07, 6.45) is 5.69. The molecular formula is C44H68O12. The predicted molar refractivity (Wildman–Crippen MR) is 210 cm³/mol. The Morgan fingerprint density at radius 3 is 0.839 bits per heavy atom. The summed E-state index contributed by atoms with van der Waals surface area (Å²) >= 11 is 0. The lowest BCUT2D eigenvalue weighted by molar-refractivity contribution is -0.206. The Bertz CT molecular complexity index is 1070. The molecule has 5 rings (SSSR count). The molecule has 3 aliphatic rings. The van der Waals surface area contributed by atoms with Gasteiger partial charge in [-0.25, -0.2) is 0 Å². The van der Waals surface area contributed by atoms with Crippen LogP contribution in [0.15, 0.2) is 60.7 Å². The molecular weight excluding hydrogens is 720 g/mol. The SMILES string of the molecule is c1ccc(C2OCC(CCCC3COCCOCCOCCOCC(CCCC4COC(c5ccccc5)OC4)COCCOCCOCCOC3)CO2)cc1. The van der Waals surface area contributed by atoms with Crippen LogP contribution in [0.1, 0.15) is 62.2 Å². The van der Waals surface area contributed by atoms with Gasteiger partial charge in [0.2, 0.25) is 0 Å². The van der Waals surface area contributed by atoms with Crippen LogP contribution < -0.4 is 0 Å². The normalized spacial score (nSPS) is 28.6. The van der Waals surface area contributed by atoms with Crippen molar-refractivity contribution in [2.45, 2.75) is 51.1 Å². The fourth-order valence-electron chi connectivity index (χ4n) is 6.96. The third kappa shape index (κ3) is 19.1. The molecule has 2 aromatic carbocycles. The lowest BCUT2D eigenvalue weighted by Gasteiger charge is -2.30. The molecule has 2 aromatic rings. The molecule has 3 fully saturated rings. The van der Waals surface area contributed by atoms with Crippen LogP contribution in [0, 0.1) is 23.7 Å². The van der Waals surface area contributed by atoms with Gasteiger partial charge in [-0.2, -0.15) is 0 Å². The fourth-order valence-corrected chi connectivity index (χ4v) is 6.96. The second kappa shape index (κ2) is 29.2. The van der Waals surface area contributed by atoms with Crippen molar-refractivity contribution >= 4 is 0 Å². The molecule has 0 aliphatic carbocycles. The third-order valence-corrected chi connectivity index (χ3v) is 10.2. The van der Waals surface area contributed by atoms with Crippen molar-refractivity contribution in [3.8, 4) is 0 Å². The molecule has 0 radical (unpaired) electrons. The maximum Gasteiger partial charge on any atom is 0.183 e. The zero-order valence-corrected chi connectivity index (χ0v) is 33.5. The van der Waals surface area contributed by atoms with Crippen molar-refractivity contribution in [2.75, 3.05) is 132 Å². The highest BCUT2D eigenvalue weighted by Gasteiger charge is 2.25. The standard InChI is InChI=1S/C44H68O12/c1-3-13-41(14-4-1)43-53-33-39(34-54-43)11-7-9-37-29-49-25-21-45-17-19-47-23-27-51-31-38(32-52-28-24-48-20-18-46-22-26-50-30-37)10-8-12-40-35-55-44(56-36-40)42-15-5-2-6-16-42/h1-6,13-16,37-40,43-44H,7-12,17-36H2. The summed E-state index contributed by atoms with van der Waals surface area (Å²) in [7, 11) is 0. The minimum Gasteiger partial charge on any atom is -0.379 e. The molecule has 0 bridgehead atoms. The molecule has 0 spiro atoms. The molecule has 56 heavy (non-hydrogen) atoms. The average molecular weight is 789 g/mol. The number of rotatable bonds is 10. The monoisotopic (exact) mass is 788 g/mol. The Morgan fingerprint density at radius 2 is 0.554 bits per heavy atom. The smallest absolute Gasteiger partial charge is 0.183 e. The highest BCUT2D eigenvalue weighted by molar-refractivity contribution is 5.17. The summed E-state index contributed by atoms with van der Waals surface area (Å²) in [5.41, 5.74) is 2.14. The van der Waals surface area contributed by atoms with E-state index in [0.717, 1.165) is 49.7 Å². The summed E-state index contributed by atoms with van der Waals surface area (Å²) in [5.74, 6) is 1.36. The van der Waals surface area contributed by atoms with Gasteiger partial charge in [-0.1, -0.05) is 73.5 Å². The Balaban J connectivity index is 0.934. The van der Waals surface area contributed by atoms with Gasteiger partial charge in [0, 0.05) is 34.8 Å². The third-order valence-electron chi connectivity index (χ3n) is 10.2. The topological polar surface area (TPSA) is 111 Å². The first-order valence-corrected chi connectivity index (χ1v) is 21.0. The van der Waals surface area contributed by atoms with Crippen LogP contribution in [-0.2, 0) is 56.8 Å². The first kappa shape index (κ1) is 45.1. The van der Waals surface area contributed by atoms with E-state index in [-0.39, 0.29) is 24.4 Å². The van der Waals surface area contributed by atoms with E-state index in [0.29, 0.717) is 144 Å². The van der Waals surface area contributed by atoms with Gasteiger partial charge in [-0.05, 0) is 25.7 Å². The van der Waals surface area contributed by atoms with E-state index in [9.17, 15) is 0 Å². The average Bonchev–Trinajstić information content (AvgIpc) is 3.24. The number of hydrogen-bond acceptors (Lipinski definition) is 12. The van der Waals surface area contributed by atoms with Crippen molar-refractivity contribution in [3.05, 3.63) is 71.8 Å². The van der Waals surface area contributed by atoms with Crippen molar-refractivity contribution in [1.29, 1.82) is 0 Å². The second-order valence-corrected chi connectivity index (χ2v) is 14.9. The summed E-state index contributed by atoms with van der Waals surface area (Å²) in [5, 5.41) is 0. The first-order valence-electron chi connectivity index (χ1n) is 21.0. The van der Waals surface area contributed by atoms with E-state index < -0.39 is 0 Å². The molecule has 12 nitrogen and oxygen atoms in total. The number of hydrogen-bond donors (Lipinski definition) is 0. The summed E-state index contributed by atoms with van der Waals surface area (Å²) < 4.78 is 71.2. The number of benzene rings is 2. The van der Waals surface area contributed by atoms with Gasteiger partial charge in [-0.15, -0.1) is 0 Å². The quantitative estimate of drug-likeness (QED) is 0.265. The molecule has 0 amide bonds. The highest BCUT2D eigenvalue weighted by Crippen LogP contribution is 2.29. The molecule has 0 aromatic heterocycles. The van der Waals surface area contributed by atoms with Gasteiger partial charge < -0.3 is 56.8 Å². The van der Waals surface area contributed by atoms with E-state index in [1.165, 1.54) is 0 Å². The molecule has 3 heterocycles. The van der Waals surface area contributed by atoms with E-state index in [1.807, 2.05) is 60.7 Å². The fraction of sp³-hybridized carbons (Fsp3) is 0.727. The molecule has 0 unspecified atom stereocenters. The van der Waals surface area contributed by atoms with Crippen molar-refractivity contribution in [3.63, 3.8) is 0 Å². The minimum absolute atomic E-state index is 0.268. The molecule has 3 saturated heterocycles. The Kier molecular flexibility index (Phi) is 23.5. The zero-order valence-electron chi connectivity index (χ0n) is 33.5. The van der Waals surface area contributed by atoms with Gasteiger partial charge in [0.05, 0.1) is 132 Å². The molecule has 316 valence electrons. The summed E-state index contributed by atoms with van der Waals surface area (Å²) in [4.78, 5) is 0. The Hall–Kier alpha value is -2.04. The molecule has 0 N–H and O–H groups in total. The van der Waals surface area contributed by atoms with Crippen LogP contribution in [0.5, 0.6) is 0 Å². The minimum atomic E-state index is -0.268. The zero-order chi connectivity index (χ0) is 38.6. The molecule has 12 heteroatoms. The molecule has 3 aliphatic heterocycles. The Labute approximate surface area is 335 Å². The van der Waals surface area contributed by atoms with Crippen molar-refractivity contribution in [1.82, 2.24) is 0 Å². The van der Waals surface area contributed by atoms with Crippen LogP contribution >= 0.6 is 0 Å². The maximum atomic E-state index is 6.03. The highest BCUT2D eigenvalue weighted by atomic mass is 16.7. The second-order valence-electron chi connectivity index (χ2n) is 14.9. The first-order chi connectivity index (χ1) is 27.8. The van der Waals surface area contributed by atoms with Gasteiger partial charge in [0.15, 0.2) is 12.6 Å².